The van der Waals surface area contributed by atoms with Gasteiger partial charge in [-0.15, -0.1) is 0 Å². The maximum Gasteiger partial charge on any atom is 0.270 e. The fraction of sp³-hybridized carbons (Fsp3) is 0.286. The number of hydrogen-bond donors (Lipinski definition) is 3. The zero-order valence-electron chi connectivity index (χ0n) is 16.6. The van der Waals surface area contributed by atoms with Gasteiger partial charge in [0.05, 0.1) is 23.1 Å². The van der Waals surface area contributed by atoms with E-state index in [9.17, 15) is 4.79 Å². The van der Waals surface area contributed by atoms with Crippen LogP contribution < -0.4 is 16.4 Å². The summed E-state index contributed by atoms with van der Waals surface area (Å²) < 4.78 is 1.75. The first-order valence-corrected chi connectivity index (χ1v) is 9.89. The number of hydrogen-bond acceptors (Lipinski definition) is 4. The third kappa shape index (κ3) is 5.26. The molecule has 0 unspecified atom stereocenters. The summed E-state index contributed by atoms with van der Waals surface area (Å²) in [7, 11) is 0. The van der Waals surface area contributed by atoms with E-state index in [1.165, 1.54) is 0 Å². The second-order valence-corrected chi connectivity index (χ2v) is 7.10. The van der Waals surface area contributed by atoms with Gasteiger partial charge in [-0.05, 0) is 43.2 Å². The summed E-state index contributed by atoms with van der Waals surface area (Å²) in [5.41, 5.74) is 9.50. The Labute approximate surface area is 175 Å². The lowest BCUT2D eigenvalue weighted by molar-refractivity contribution is 0.0944. The number of halogens is 1. The third-order valence-electron chi connectivity index (χ3n) is 4.41. The van der Waals surface area contributed by atoms with Crippen LogP contribution in [-0.2, 0) is 13.0 Å². The molecule has 1 amide bonds. The van der Waals surface area contributed by atoms with Gasteiger partial charge in [0.15, 0.2) is 0 Å². The van der Waals surface area contributed by atoms with Crippen LogP contribution in [0.3, 0.4) is 0 Å². The SMILES string of the molecule is CCc1nc2ccc(Cl)cn2c1C(=O)NCc1ccc(NCCN=C(C)N)cc1. The Hall–Kier alpha value is -3.06. The summed E-state index contributed by atoms with van der Waals surface area (Å²) >= 11 is 6.10. The quantitative estimate of drug-likeness (QED) is 0.300. The number of amidine groups is 1. The van der Waals surface area contributed by atoms with Crippen LogP contribution in [0.15, 0.2) is 47.6 Å². The number of anilines is 1. The van der Waals surface area contributed by atoms with Crippen molar-refractivity contribution in [2.45, 2.75) is 26.8 Å². The van der Waals surface area contributed by atoms with Crippen LogP contribution in [0, 0.1) is 0 Å². The zero-order chi connectivity index (χ0) is 20.8. The van der Waals surface area contributed by atoms with Gasteiger partial charge in [0.25, 0.3) is 5.91 Å². The summed E-state index contributed by atoms with van der Waals surface area (Å²) in [5.74, 6) is 0.409. The van der Waals surface area contributed by atoms with Crippen molar-refractivity contribution in [2.24, 2.45) is 10.7 Å². The molecule has 0 saturated carbocycles. The van der Waals surface area contributed by atoms with Crippen molar-refractivity contribution in [3.63, 3.8) is 0 Å². The van der Waals surface area contributed by atoms with Gasteiger partial charge in [0.2, 0.25) is 0 Å². The lowest BCUT2D eigenvalue weighted by atomic mass is 10.2. The highest BCUT2D eigenvalue weighted by atomic mass is 35.5. The van der Waals surface area contributed by atoms with E-state index in [2.05, 4.69) is 20.6 Å². The van der Waals surface area contributed by atoms with Gasteiger partial charge in [0.1, 0.15) is 11.3 Å². The molecule has 2 aromatic heterocycles. The molecule has 0 radical (unpaired) electrons. The van der Waals surface area contributed by atoms with Crippen LogP contribution in [0.2, 0.25) is 5.02 Å². The van der Waals surface area contributed by atoms with Crippen LogP contribution in [0.4, 0.5) is 5.69 Å². The number of aliphatic imine (C=N–C) groups is 1. The van der Waals surface area contributed by atoms with E-state index in [1.807, 2.05) is 37.3 Å². The molecule has 1 aromatic carbocycles. The monoisotopic (exact) mass is 412 g/mol. The molecule has 0 spiro atoms. The molecule has 0 aliphatic carbocycles. The molecular weight excluding hydrogens is 388 g/mol. The molecule has 8 heteroatoms. The molecular formula is C21H25ClN6O. The van der Waals surface area contributed by atoms with E-state index in [0.29, 0.717) is 48.3 Å². The molecule has 3 rings (SSSR count). The van der Waals surface area contributed by atoms with Crippen molar-refractivity contribution < 1.29 is 4.79 Å². The van der Waals surface area contributed by atoms with Crippen molar-refractivity contribution in [2.75, 3.05) is 18.4 Å². The van der Waals surface area contributed by atoms with Gasteiger partial charge in [-0.2, -0.15) is 0 Å². The average Bonchev–Trinajstić information content (AvgIpc) is 3.08. The molecule has 4 N–H and O–H groups in total. The average molecular weight is 413 g/mol. The first-order chi connectivity index (χ1) is 14.0. The van der Waals surface area contributed by atoms with Crippen molar-refractivity contribution >= 4 is 34.7 Å². The van der Waals surface area contributed by atoms with E-state index in [0.717, 1.165) is 16.9 Å². The number of rotatable bonds is 8. The molecule has 7 nitrogen and oxygen atoms in total. The van der Waals surface area contributed by atoms with E-state index >= 15 is 0 Å². The number of nitrogens with two attached hydrogens (primary N) is 1. The van der Waals surface area contributed by atoms with E-state index < -0.39 is 0 Å². The number of nitrogens with zero attached hydrogens (tertiary/aromatic N) is 3. The molecule has 2 heterocycles. The van der Waals surface area contributed by atoms with Crippen molar-refractivity contribution in [3.8, 4) is 0 Å². The number of imidazole rings is 1. The van der Waals surface area contributed by atoms with Gasteiger partial charge in [-0.3, -0.25) is 14.2 Å². The Morgan fingerprint density at radius 2 is 2.00 bits per heavy atom. The maximum atomic E-state index is 12.8. The molecule has 3 aromatic rings. The number of aromatic nitrogens is 2. The second kappa shape index (κ2) is 9.43. The van der Waals surface area contributed by atoms with E-state index in [4.69, 9.17) is 17.3 Å². The predicted octanol–water partition coefficient (Wildman–Crippen LogP) is 3.27. The number of pyridine rings is 1. The van der Waals surface area contributed by atoms with Gasteiger partial charge >= 0.3 is 0 Å². The first-order valence-electron chi connectivity index (χ1n) is 9.52. The molecule has 0 atom stereocenters. The van der Waals surface area contributed by atoms with Gasteiger partial charge in [-0.1, -0.05) is 30.7 Å². The smallest absolute Gasteiger partial charge is 0.270 e. The molecule has 0 aliphatic rings. The molecule has 0 bridgehead atoms. The number of fused-ring (bicyclic) bond motifs is 1. The van der Waals surface area contributed by atoms with Gasteiger partial charge < -0.3 is 16.4 Å². The Bertz CT molecular complexity index is 1020. The molecule has 29 heavy (non-hydrogen) atoms. The lowest BCUT2D eigenvalue weighted by Crippen LogP contribution is -2.25. The summed E-state index contributed by atoms with van der Waals surface area (Å²) in [6.45, 7) is 5.51. The summed E-state index contributed by atoms with van der Waals surface area (Å²) in [6, 6.07) is 11.5. The Kier molecular flexibility index (Phi) is 6.72. The highest BCUT2D eigenvalue weighted by Gasteiger charge is 2.18. The minimum absolute atomic E-state index is 0.172. The number of benzene rings is 1. The Balaban J connectivity index is 1.63. The highest BCUT2D eigenvalue weighted by molar-refractivity contribution is 6.30. The molecule has 0 fully saturated rings. The number of carbonyl (C=O) groups excluding carboxylic acids is 1. The lowest BCUT2D eigenvalue weighted by Gasteiger charge is -2.09. The van der Waals surface area contributed by atoms with Crippen LogP contribution in [0.5, 0.6) is 0 Å². The minimum atomic E-state index is -0.172. The highest BCUT2D eigenvalue weighted by Crippen LogP contribution is 2.17. The predicted molar refractivity (Wildman–Crippen MR) is 118 cm³/mol. The molecule has 152 valence electrons. The molecule has 0 saturated heterocycles. The minimum Gasteiger partial charge on any atom is -0.388 e. The second-order valence-electron chi connectivity index (χ2n) is 6.67. The maximum absolute atomic E-state index is 12.8. The Morgan fingerprint density at radius 1 is 1.24 bits per heavy atom. The van der Waals surface area contributed by atoms with E-state index in [-0.39, 0.29) is 5.91 Å². The normalized spacial score (nSPS) is 11.6. The first kappa shape index (κ1) is 20.7. The summed E-state index contributed by atoms with van der Waals surface area (Å²) in [6.07, 6.45) is 2.38. The fourth-order valence-electron chi connectivity index (χ4n) is 2.99. The summed E-state index contributed by atoms with van der Waals surface area (Å²) in [5, 5.41) is 6.82. The van der Waals surface area contributed by atoms with Gasteiger partial charge in [0, 0.05) is 25.0 Å². The fourth-order valence-corrected chi connectivity index (χ4v) is 3.15. The van der Waals surface area contributed by atoms with Crippen LogP contribution in [0.1, 0.15) is 35.6 Å². The number of nitrogens with one attached hydrogen (secondary N) is 2. The van der Waals surface area contributed by atoms with Crippen molar-refractivity contribution in [3.05, 3.63) is 64.6 Å². The topological polar surface area (TPSA) is 96.8 Å². The van der Waals surface area contributed by atoms with E-state index in [1.54, 1.807) is 23.6 Å². The van der Waals surface area contributed by atoms with Crippen LogP contribution in [-0.4, -0.2) is 34.2 Å². The van der Waals surface area contributed by atoms with Crippen LogP contribution >= 0.6 is 11.6 Å². The van der Waals surface area contributed by atoms with Crippen molar-refractivity contribution in [1.29, 1.82) is 0 Å². The zero-order valence-corrected chi connectivity index (χ0v) is 17.3. The van der Waals surface area contributed by atoms with Gasteiger partial charge in [-0.25, -0.2) is 4.98 Å². The van der Waals surface area contributed by atoms with Crippen LogP contribution in [0.25, 0.3) is 5.65 Å². The largest absolute Gasteiger partial charge is 0.388 e. The molecule has 0 aliphatic heterocycles. The standard InChI is InChI=1S/C21H25ClN6O/c1-3-18-20(28-13-16(22)6-9-19(28)27-18)21(29)26-12-15-4-7-17(8-5-15)25-11-10-24-14(2)23/h4-9,13,25H,3,10-12H2,1-2H3,(H2,23,24)(H,26,29). The van der Waals surface area contributed by atoms with Crippen molar-refractivity contribution in [1.82, 2.24) is 14.7 Å². The summed E-state index contributed by atoms with van der Waals surface area (Å²) in [4.78, 5) is 21.5. The number of amides is 1. The Morgan fingerprint density at radius 3 is 2.69 bits per heavy atom. The number of aryl methyl sites for hydroxylation is 1. The third-order valence-corrected chi connectivity index (χ3v) is 4.64. The number of carbonyl (C=O) groups is 1.